The molecular weight excluding hydrogens is 426 g/mol. The van der Waals surface area contributed by atoms with Gasteiger partial charge in [-0.05, 0) is 88.2 Å². The van der Waals surface area contributed by atoms with Crippen molar-refractivity contribution in [1.82, 2.24) is 15.0 Å². The third kappa shape index (κ3) is 5.03. The summed E-state index contributed by atoms with van der Waals surface area (Å²) in [6, 6.07) is 17.7. The van der Waals surface area contributed by atoms with Crippen LogP contribution in [0.1, 0.15) is 30.5 Å². The van der Waals surface area contributed by atoms with Gasteiger partial charge in [0.1, 0.15) is 16.8 Å². The minimum absolute atomic E-state index is 0.0642. The highest BCUT2D eigenvalue weighted by atomic mass is 16.5. The second-order valence-electron chi connectivity index (χ2n) is 8.44. The van der Waals surface area contributed by atoms with Gasteiger partial charge in [0.15, 0.2) is 6.61 Å². The summed E-state index contributed by atoms with van der Waals surface area (Å²) in [5, 5.41) is 12.3. The Labute approximate surface area is 200 Å². The van der Waals surface area contributed by atoms with E-state index >= 15 is 0 Å². The lowest BCUT2D eigenvalue weighted by atomic mass is 10.1. The highest BCUT2D eigenvalue weighted by Crippen LogP contribution is 2.25. The predicted molar refractivity (Wildman–Crippen MR) is 137 cm³/mol. The smallest absolute Gasteiger partial charge is 0.262 e. The van der Waals surface area contributed by atoms with Crippen molar-refractivity contribution >= 4 is 28.3 Å². The average Bonchev–Trinajstić information content (AvgIpc) is 3.22. The van der Waals surface area contributed by atoms with Crippen LogP contribution in [0.4, 0.5) is 11.4 Å². The van der Waals surface area contributed by atoms with Crippen LogP contribution in [-0.4, -0.2) is 40.6 Å². The minimum atomic E-state index is -0.224. The van der Waals surface area contributed by atoms with Crippen LogP contribution in [0.2, 0.25) is 0 Å². The molecule has 0 saturated carbocycles. The number of aryl methyl sites for hydroxylation is 3. The molecule has 4 aromatic rings. The van der Waals surface area contributed by atoms with Crippen molar-refractivity contribution in [2.75, 3.05) is 29.9 Å². The number of rotatable bonds is 8. The van der Waals surface area contributed by atoms with E-state index in [4.69, 9.17) is 4.74 Å². The lowest BCUT2D eigenvalue weighted by Crippen LogP contribution is -2.21. The van der Waals surface area contributed by atoms with Gasteiger partial charge in [-0.25, -0.2) is 0 Å². The molecule has 0 unspecified atom stereocenters. The molecule has 0 spiro atoms. The fraction of sp³-hybridized carbons (Fsp3) is 0.296. The van der Waals surface area contributed by atoms with E-state index < -0.39 is 0 Å². The van der Waals surface area contributed by atoms with Crippen LogP contribution in [0.3, 0.4) is 0 Å². The van der Waals surface area contributed by atoms with Gasteiger partial charge in [-0.3, -0.25) is 4.79 Å². The van der Waals surface area contributed by atoms with E-state index in [0.29, 0.717) is 17.0 Å². The standard InChI is InChI=1S/C27H31N5O2/c1-6-31(7-2)21-10-13-26(20(5)14-21)32-29-24-15-19(4)23(16-25(24)30-32)28-27(33)17-34-22-11-8-18(3)9-12-22/h8-16H,6-7,17H2,1-5H3,(H,28,33). The molecule has 176 valence electrons. The van der Waals surface area contributed by atoms with Gasteiger partial charge in [0, 0.05) is 24.5 Å². The number of amides is 1. The Morgan fingerprint density at radius 1 is 0.912 bits per heavy atom. The maximum Gasteiger partial charge on any atom is 0.262 e. The number of ether oxygens (including phenoxy) is 1. The summed E-state index contributed by atoms with van der Waals surface area (Å²) in [4.78, 5) is 16.4. The van der Waals surface area contributed by atoms with E-state index in [1.54, 1.807) is 4.80 Å². The van der Waals surface area contributed by atoms with Crippen molar-refractivity contribution < 1.29 is 9.53 Å². The first-order valence-corrected chi connectivity index (χ1v) is 11.6. The first-order chi connectivity index (χ1) is 16.4. The highest BCUT2D eigenvalue weighted by Gasteiger charge is 2.13. The normalized spacial score (nSPS) is 11.0. The Morgan fingerprint density at radius 3 is 2.24 bits per heavy atom. The van der Waals surface area contributed by atoms with Gasteiger partial charge in [-0.2, -0.15) is 4.80 Å². The van der Waals surface area contributed by atoms with Crippen LogP contribution < -0.4 is 15.0 Å². The predicted octanol–water partition coefficient (Wildman–Crippen LogP) is 5.21. The van der Waals surface area contributed by atoms with E-state index in [1.807, 2.05) is 50.2 Å². The van der Waals surface area contributed by atoms with Gasteiger partial charge in [0.2, 0.25) is 0 Å². The summed E-state index contributed by atoms with van der Waals surface area (Å²) >= 11 is 0. The van der Waals surface area contributed by atoms with Gasteiger partial charge < -0.3 is 15.0 Å². The van der Waals surface area contributed by atoms with Crippen molar-refractivity contribution in [3.8, 4) is 11.4 Å². The second-order valence-corrected chi connectivity index (χ2v) is 8.44. The van der Waals surface area contributed by atoms with E-state index in [1.165, 1.54) is 5.69 Å². The molecule has 4 rings (SSSR count). The molecule has 34 heavy (non-hydrogen) atoms. The average molecular weight is 458 g/mol. The van der Waals surface area contributed by atoms with Crippen molar-refractivity contribution in [2.24, 2.45) is 0 Å². The molecule has 7 heteroatoms. The lowest BCUT2D eigenvalue weighted by Gasteiger charge is -2.22. The van der Waals surface area contributed by atoms with Gasteiger partial charge in [0.25, 0.3) is 5.91 Å². The molecule has 0 radical (unpaired) electrons. The summed E-state index contributed by atoms with van der Waals surface area (Å²) < 4.78 is 5.59. The third-order valence-electron chi connectivity index (χ3n) is 5.92. The van der Waals surface area contributed by atoms with Crippen LogP contribution in [0, 0.1) is 20.8 Å². The number of benzene rings is 3. The second kappa shape index (κ2) is 9.95. The summed E-state index contributed by atoms with van der Waals surface area (Å²) in [7, 11) is 0. The minimum Gasteiger partial charge on any atom is -0.484 e. The SMILES string of the molecule is CCN(CC)c1ccc(-n2nc3cc(C)c(NC(=O)COc4ccc(C)cc4)cc3n2)c(C)c1. The number of nitrogens with zero attached hydrogens (tertiary/aromatic N) is 4. The van der Waals surface area contributed by atoms with E-state index in [9.17, 15) is 4.79 Å². The quantitative estimate of drug-likeness (QED) is 0.393. The van der Waals surface area contributed by atoms with Gasteiger partial charge >= 0.3 is 0 Å². The van der Waals surface area contributed by atoms with Crippen molar-refractivity contribution in [2.45, 2.75) is 34.6 Å². The fourth-order valence-electron chi connectivity index (χ4n) is 3.93. The van der Waals surface area contributed by atoms with Crippen molar-refractivity contribution in [1.29, 1.82) is 0 Å². The van der Waals surface area contributed by atoms with Gasteiger partial charge in [0.05, 0.1) is 5.69 Å². The number of hydrogen-bond acceptors (Lipinski definition) is 5. The first-order valence-electron chi connectivity index (χ1n) is 11.6. The highest BCUT2D eigenvalue weighted by molar-refractivity contribution is 5.95. The molecule has 0 bridgehead atoms. The van der Waals surface area contributed by atoms with Crippen LogP contribution in [0.5, 0.6) is 5.75 Å². The van der Waals surface area contributed by atoms with Gasteiger partial charge in [-0.15, -0.1) is 10.2 Å². The summed E-state index contributed by atoms with van der Waals surface area (Å²) in [6.07, 6.45) is 0. The monoisotopic (exact) mass is 457 g/mol. The van der Waals surface area contributed by atoms with Crippen LogP contribution in [-0.2, 0) is 4.79 Å². The number of anilines is 2. The largest absolute Gasteiger partial charge is 0.484 e. The molecule has 1 aromatic heterocycles. The van der Waals surface area contributed by atoms with Crippen LogP contribution in [0.25, 0.3) is 16.7 Å². The van der Waals surface area contributed by atoms with Crippen LogP contribution >= 0.6 is 0 Å². The van der Waals surface area contributed by atoms with E-state index in [-0.39, 0.29) is 12.5 Å². The number of fused-ring (bicyclic) bond motifs is 1. The zero-order valence-electron chi connectivity index (χ0n) is 20.4. The topological polar surface area (TPSA) is 72.3 Å². The molecule has 0 aliphatic carbocycles. The molecule has 0 fully saturated rings. The van der Waals surface area contributed by atoms with Crippen molar-refractivity contribution in [3.63, 3.8) is 0 Å². The zero-order valence-corrected chi connectivity index (χ0v) is 20.4. The van der Waals surface area contributed by atoms with E-state index in [2.05, 4.69) is 59.4 Å². The Balaban J connectivity index is 1.52. The number of carbonyl (C=O) groups is 1. The van der Waals surface area contributed by atoms with Crippen LogP contribution in [0.15, 0.2) is 54.6 Å². The lowest BCUT2D eigenvalue weighted by molar-refractivity contribution is -0.118. The van der Waals surface area contributed by atoms with Crippen molar-refractivity contribution in [3.05, 3.63) is 71.3 Å². The Kier molecular flexibility index (Phi) is 6.82. The first kappa shape index (κ1) is 23.3. The van der Waals surface area contributed by atoms with Gasteiger partial charge in [-0.1, -0.05) is 17.7 Å². The molecule has 1 heterocycles. The summed E-state index contributed by atoms with van der Waals surface area (Å²) in [5.41, 5.74) is 7.47. The molecule has 0 saturated heterocycles. The molecule has 0 aliphatic rings. The Morgan fingerprint density at radius 2 is 1.59 bits per heavy atom. The zero-order chi connectivity index (χ0) is 24.2. The molecule has 7 nitrogen and oxygen atoms in total. The molecule has 3 aromatic carbocycles. The number of nitrogens with one attached hydrogen (secondary N) is 1. The number of aromatic nitrogens is 3. The Bertz CT molecular complexity index is 1310. The molecule has 0 aliphatic heterocycles. The molecule has 1 N–H and O–H groups in total. The molecular formula is C27H31N5O2. The number of carbonyl (C=O) groups excluding carboxylic acids is 1. The summed E-state index contributed by atoms with van der Waals surface area (Å²) in [6.45, 7) is 12.2. The fourth-order valence-corrected chi connectivity index (χ4v) is 3.93. The maximum absolute atomic E-state index is 12.5. The maximum atomic E-state index is 12.5. The number of hydrogen-bond donors (Lipinski definition) is 1. The summed E-state index contributed by atoms with van der Waals surface area (Å²) in [5.74, 6) is 0.441. The third-order valence-corrected chi connectivity index (χ3v) is 5.92. The molecule has 0 atom stereocenters. The Hall–Kier alpha value is -3.87. The molecule has 1 amide bonds. The van der Waals surface area contributed by atoms with E-state index in [0.717, 1.165) is 41.0 Å².